The van der Waals surface area contributed by atoms with Crippen LogP contribution in [0.3, 0.4) is 0 Å². The van der Waals surface area contributed by atoms with Gasteiger partial charge in [0.15, 0.2) is 0 Å². The number of carbonyl (C=O) groups excluding carboxylic acids is 2. The van der Waals surface area contributed by atoms with E-state index in [0.29, 0.717) is 17.0 Å². The van der Waals surface area contributed by atoms with Crippen LogP contribution in [-0.4, -0.2) is 40.6 Å². The van der Waals surface area contributed by atoms with Crippen LogP contribution in [0.4, 0.5) is 10.5 Å². The summed E-state index contributed by atoms with van der Waals surface area (Å²) in [5, 5.41) is 2.59. The summed E-state index contributed by atoms with van der Waals surface area (Å²) in [6.07, 6.45) is 0. The van der Waals surface area contributed by atoms with Crippen molar-refractivity contribution in [2.75, 3.05) is 19.1 Å². The van der Waals surface area contributed by atoms with Crippen molar-refractivity contribution in [1.29, 1.82) is 0 Å². The first kappa shape index (κ1) is 25.8. The number of methoxy groups -OCH3 is 1. The van der Waals surface area contributed by atoms with Crippen molar-refractivity contribution >= 4 is 27.6 Å². The number of nitrogens with one attached hydrogen (secondary N) is 2. The molecule has 3 amide bonds. The number of hydrogen-bond donors (Lipinski definition) is 2. The molecule has 2 N–H and O–H groups in total. The minimum Gasteiger partial charge on any atom is -0.497 e. The fourth-order valence-corrected chi connectivity index (χ4v) is 4.86. The fraction of sp³-hybridized carbons (Fsp3) is 0.231. The molecule has 1 unspecified atom stereocenters. The van der Waals surface area contributed by atoms with Crippen LogP contribution in [0.1, 0.15) is 24.0 Å². The molecule has 0 saturated carbocycles. The minimum atomic E-state index is -4.13. The molecule has 0 heterocycles. The molecular formula is C26H29N3O5S. The third-order valence-electron chi connectivity index (χ3n) is 5.78. The maximum atomic E-state index is 13.5. The van der Waals surface area contributed by atoms with E-state index in [1.54, 1.807) is 70.5 Å². The number of aryl methyl sites for hydroxylation is 1. The van der Waals surface area contributed by atoms with E-state index in [0.717, 1.165) is 5.56 Å². The lowest BCUT2D eigenvalue weighted by atomic mass is 9.92. The lowest BCUT2D eigenvalue weighted by Gasteiger charge is -2.29. The molecule has 0 saturated heterocycles. The van der Waals surface area contributed by atoms with Crippen molar-refractivity contribution in [3.8, 4) is 5.75 Å². The standard InChI is InChI=1S/C26H29N3O5S/c1-18-10-8-9-13-23(18)35(32,33)28-26(31)27-24(19(2)20-11-6-5-7-12-20)25(30)29(3)21-14-16-22(34-4)17-15-21/h5-17,19,24H,1-4H3,(H2,27,28,31)/t19-,24?/m0/s1. The molecule has 0 spiro atoms. The number of amides is 3. The second-order valence-corrected chi connectivity index (χ2v) is 9.77. The van der Waals surface area contributed by atoms with Crippen molar-refractivity contribution in [2.45, 2.75) is 30.7 Å². The van der Waals surface area contributed by atoms with Gasteiger partial charge in [-0.1, -0.05) is 55.5 Å². The first-order chi connectivity index (χ1) is 16.6. The zero-order valence-corrected chi connectivity index (χ0v) is 20.9. The van der Waals surface area contributed by atoms with Crippen LogP contribution in [0.5, 0.6) is 5.75 Å². The van der Waals surface area contributed by atoms with E-state index in [1.165, 1.54) is 11.0 Å². The Morgan fingerprint density at radius 3 is 2.11 bits per heavy atom. The Balaban J connectivity index is 1.87. The smallest absolute Gasteiger partial charge is 0.329 e. The van der Waals surface area contributed by atoms with Crippen molar-refractivity contribution in [1.82, 2.24) is 10.0 Å². The van der Waals surface area contributed by atoms with Crippen LogP contribution in [0, 0.1) is 6.92 Å². The molecule has 3 aromatic rings. The molecule has 0 aliphatic rings. The molecule has 0 radical (unpaired) electrons. The summed E-state index contributed by atoms with van der Waals surface area (Å²) in [6.45, 7) is 3.44. The summed E-state index contributed by atoms with van der Waals surface area (Å²) >= 11 is 0. The molecule has 0 aromatic heterocycles. The van der Waals surface area contributed by atoms with Crippen molar-refractivity contribution in [3.05, 3.63) is 90.0 Å². The molecule has 8 nitrogen and oxygen atoms in total. The van der Waals surface area contributed by atoms with Gasteiger partial charge in [-0.05, 0) is 48.4 Å². The number of rotatable bonds is 8. The number of anilines is 1. The van der Waals surface area contributed by atoms with E-state index >= 15 is 0 Å². The normalized spacial score (nSPS) is 12.8. The molecule has 9 heteroatoms. The molecule has 3 aromatic carbocycles. The van der Waals surface area contributed by atoms with Gasteiger partial charge in [0.1, 0.15) is 11.8 Å². The van der Waals surface area contributed by atoms with Gasteiger partial charge in [0.25, 0.3) is 10.0 Å². The Morgan fingerprint density at radius 1 is 0.914 bits per heavy atom. The summed E-state index contributed by atoms with van der Waals surface area (Å²) < 4.78 is 32.8. The summed E-state index contributed by atoms with van der Waals surface area (Å²) in [5.74, 6) is -0.214. The lowest BCUT2D eigenvalue weighted by Crippen LogP contribution is -2.53. The summed E-state index contributed by atoms with van der Waals surface area (Å²) in [7, 11) is -0.986. The Labute approximate surface area is 206 Å². The number of nitrogens with zero attached hydrogens (tertiary/aromatic N) is 1. The maximum absolute atomic E-state index is 13.5. The van der Waals surface area contributed by atoms with Crippen LogP contribution in [-0.2, 0) is 14.8 Å². The van der Waals surface area contributed by atoms with Crippen LogP contribution < -0.4 is 19.7 Å². The Bertz CT molecular complexity index is 1280. The molecule has 0 aliphatic carbocycles. The Kier molecular flexibility index (Phi) is 8.14. The highest BCUT2D eigenvalue weighted by Crippen LogP contribution is 2.24. The van der Waals surface area contributed by atoms with Gasteiger partial charge in [0.05, 0.1) is 12.0 Å². The quantitative estimate of drug-likeness (QED) is 0.494. The molecule has 0 aliphatic heterocycles. The van der Waals surface area contributed by atoms with E-state index in [2.05, 4.69) is 5.32 Å². The second-order valence-electron chi connectivity index (χ2n) is 8.12. The van der Waals surface area contributed by atoms with E-state index in [1.807, 2.05) is 35.1 Å². The first-order valence-electron chi connectivity index (χ1n) is 11.0. The monoisotopic (exact) mass is 495 g/mol. The van der Waals surface area contributed by atoms with Crippen molar-refractivity contribution in [2.24, 2.45) is 0 Å². The van der Waals surface area contributed by atoms with E-state index in [4.69, 9.17) is 4.74 Å². The molecular weight excluding hydrogens is 466 g/mol. The topological polar surface area (TPSA) is 105 Å². The predicted octanol–water partition coefficient (Wildman–Crippen LogP) is 3.83. The zero-order chi connectivity index (χ0) is 25.6. The van der Waals surface area contributed by atoms with Crippen molar-refractivity contribution in [3.63, 3.8) is 0 Å². The van der Waals surface area contributed by atoms with E-state index < -0.39 is 33.9 Å². The Hall–Kier alpha value is -3.85. The molecule has 0 fully saturated rings. The molecule has 3 rings (SSSR count). The molecule has 0 bridgehead atoms. The highest BCUT2D eigenvalue weighted by molar-refractivity contribution is 7.90. The average molecular weight is 496 g/mol. The number of sulfonamides is 1. The summed E-state index contributed by atoms with van der Waals surface area (Å²) in [5.41, 5.74) is 1.91. The molecule has 35 heavy (non-hydrogen) atoms. The lowest BCUT2D eigenvalue weighted by molar-refractivity contribution is -0.120. The first-order valence-corrected chi connectivity index (χ1v) is 12.5. The van der Waals surface area contributed by atoms with Gasteiger partial charge in [-0.15, -0.1) is 0 Å². The van der Waals surface area contributed by atoms with E-state index in [-0.39, 0.29) is 4.90 Å². The zero-order valence-electron chi connectivity index (χ0n) is 20.1. The highest BCUT2D eigenvalue weighted by Gasteiger charge is 2.32. The second kappa shape index (κ2) is 11.1. The number of ether oxygens (including phenoxy) is 1. The maximum Gasteiger partial charge on any atom is 0.329 e. The van der Waals surface area contributed by atoms with E-state index in [9.17, 15) is 18.0 Å². The van der Waals surface area contributed by atoms with Crippen molar-refractivity contribution < 1.29 is 22.7 Å². The van der Waals surface area contributed by atoms with Gasteiger partial charge >= 0.3 is 6.03 Å². The average Bonchev–Trinajstić information content (AvgIpc) is 2.86. The van der Waals surface area contributed by atoms with Gasteiger partial charge in [-0.3, -0.25) is 4.79 Å². The Morgan fingerprint density at radius 2 is 1.51 bits per heavy atom. The largest absolute Gasteiger partial charge is 0.497 e. The summed E-state index contributed by atoms with van der Waals surface area (Å²) in [6, 6.07) is 20.4. The third-order valence-corrected chi connectivity index (χ3v) is 7.27. The summed E-state index contributed by atoms with van der Waals surface area (Å²) in [4.78, 5) is 27.8. The third kappa shape index (κ3) is 6.19. The number of benzene rings is 3. The van der Waals surface area contributed by atoms with Gasteiger partial charge in [-0.2, -0.15) is 0 Å². The molecule has 2 atom stereocenters. The van der Waals surface area contributed by atoms with Crippen LogP contribution >= 0.6 is 0 Å². The van der Waals surface area contributed by atoms with Gasteiger partial charge in [0.2, 0.25) is 5.91 Å². The minimum absolute atomic E-state index is 0.00974. The number of hydrogen-bond acceptors (Lipinski definition) is 5. The highest BCUT2D eigenvalue weighted by atomic mass is 32.2. The number of urea groups is 1. The van der Waals surface area contributed by atoms with Gasteiger partial charge < -0.3 is 15.0 Å². The number of likely N-dealkylation sites (N-methyl/N-ethyl adjacent to an activating group) is 1. The van der Waals surface area contributed by atoms with Crippen LogP contribution in [0.25, 0.3) is 0 Å². The number of carbonyl (C=O) groups is 2. The SMILES string of the molecule is COc1ccc(N(C)C(=O)C(NC(=O)NS(=O)(=O)c2ccccc2C)[C@@H](C)c2ccccc2)cc1. The molecule has 184 valence electrons. The fourth-order valence-electron chi connectivity index (χ4n) is 3.70. The van der Waals surface area contributed by atoms with Crippen LogP contribution in [0.15, 0.2) is 83.8 Å². The van der Waals surface area contributed by atoms with Crippen LogP contribution in [0.2, 0.25) is 0 Å². The van der Waals surface area contributed by atoms with Gasteiger partial charge in [0, 0.05) is 18.7 Å². The predicted molar refractivity (Wildman–Crippen MR) is 135 cm³/mol. The van der Waals surface area contributed by atoms with Gasteiger partial charge in [-0.25, -0.2) is 17.9 Å².